The molecule has 20 heavy (non-hydrogen) atoms. The van der Waals surface area contributed by atoms with Gasteiger partial charge in [0.2, 0.25) is 0 Å². The molecule has 0 radical (unpaired) electrons. The van der Waals surface area contributed by atoms with E-state index in [4.69, 9.17) is 15.5 Å². The molecule has 0 aliphatic carbocycles. The molecule has 1 atom stereocenters. The van der Waals surface area contributed by atoms with Crippen LogP contribution in [0.5, 0.6) is 0 Å². The van der Waals surface area contributed by atoms with E-state index in [1.807, 2.05) is 0 Å². The molecule has 2 N–H and O–H groups in total. The Kier molecular flexibility index (Phi) is 4.45. The Morgan fingerprint density at radius 2 is 2.10 bits per heavy atom. The van der Waals surface area contributed by atoms with Gasteiger partial charge in [-0.25, -0.2) is 4.98 Å². The van der Waals surface area contributed by atoms with Gasteiger partial charge in [0.1, 0.15) is 11.4 Å². The summed E-state index contributed by atoms with van der Waals surface area (Å²) in [5.41, 5.74) is 8.66. The number of hydrogen-bond donors (Lipinski definition) is 1. The number of fused-ring (bicyclic) bond motifs is 1. The number of imidazole rings is 1. The predicted molar refractivity (Wildman–Crippen MR) is 82.6 cm³/mol. The second-order valence-corrected chi connectivity index (χ2v) is 5.40. The summed E-state index contributed by atoms with van der Waals surface area (Å²) in [4.78, 5) is 4.84. The minimum atomic E-state index is -0.350. The van der Waals surface area contributed by atoms with Crippen LogP contribution in [-0.2, 0) is 23.4 Å². The summed E-state index contributed by atoms with van der Waals surface area (Å²) in [6.45, 7) is 7.91. The molecule has 4 nitrogen and oxygen atoms in total. The summed E-state index contributed by atoms with van der Waals surface area (Å²) in [6, 6.07) is 6.28. The summed E-state index contributed by atoms with van der Waals surface area (Å²) in [6.07, 6.45) is 1.96. The average Bonchev–Trinajstić information content (AvgIpc) is 2.85. The fourth-order valence-corrected chi connectivity index (χ4v) is 2.55. The number of hydrogen-bond acceptors (Lipinski definition) is 3. The van der Waals surface area contributed by atoms with Crippen molar-refractivity contribution in [1.82, 2.24) is 9.55 Å². The third kappa shape index (κ3) is 2.45. The number of ether oxygens (including phenoxy) is 1. The van der Waals surface area contributed by atoms with Gasteiger partial charge < -0.3 is 15.0 Å². The lowest BCUT2D eigenvalue weighted by molar-refractivity contribution is -0.0114. The monoisotopic (exact) mass is 275 g/mol. The first-order chi connectivity index (χ1) is 9.59. The molecular weight excluding hydrogens is 250 g/mol. The van der Waals surface area contributed by atoms with Gasteiger partial charge in [-0.2, -0.15) is 0 Å². The summed E-state index contributed by atoms with van der Waals surface area (Å²) >= 11 is 0. The predicted octanol–water partition coefficient (Wildman–Crippen LogP) is 3.18. The van der Waals surface area contributed by atoms with Crippen molar-refractivity contribution in [2.45, 2.75) is 52.3 Å². The van der Waals surface area contributed by atoms with Crippen molar-refractivity contribution in [3.8, 4) is 0 Å². The van der Waals surface area contributed by atoms with Crippen LogP contribution in [0.4, 0.5) is 0 Å². The Morgan fingerprint density at radius 3 is 2.65 bits per heavy atom. The lowest BCUT2D eigenvalue weighted by atomic mass is 10.0. The van der Waals surface area contributed by atoms with Crippen LogP contribution in [0.15, 0.2) is 18.2 Å². The zero-order valence-electron chi connectivity index (χ0n) is 12.9. The fraction of sp³-hybridized carbons (Fsp3) is 0.562. The number of rotatable bonds is 6. The van der Waals surface area contributed by atoms with Crippen LogP contribution < -0.4 is 5.73 Å². The summed E-state index contributed by atoms with van der Waals surface area (Å²) < 4.78 is 8.02. The quantitative estimate of drug-likeness (QED) is 0.881. The second kappa shape index (κ2) is 5.94. The highest BCUT2D eigenvalue weighted by Gasteiger charge is 2.30. The van der Waals surface area contributed by atoms with Gasteiger partial charge in [0.25, 0.3) is 0 Å². The molecule has 4 heteroatoms. The average molecular weight is 275 g/mol. The van der Waals surface area contributed by atoms with Gasteiger partial charge in [0.15, 0.2) is 0 Å². The van der Waals surface area contributed by atoms with Gasteiger partial charge in [0.05, 0.1) is 11.0 Å². The molecule has 2 rings (SSSR count). The van der Waals surface area contributed by atoms with Crippen LogP contribution >= 0.6 is 0 Å². The normalized spacial score (nSPS) is 14.7. The maximum atomic E-state index is 5.74. The molecule has 0 aliphatic heterocycles. The minimum Gasteiger partial charge on any atom is -0.371 e. The molecule has 1 aromatic heterocycles. The highest BCUT2D eigenvalue weighted by atomic mass is 16.5. The number of benzene rings is 1. The van der Waals surface area contributed by atoms with E-state index in [1.54, 1.807) is 7.11 Å². The molecular formula is C16H25N3O. The van der Waals surface area contributed by atoms with Gasteiger partial charge in [-0.15, -0.1) is 0 Å². The molecule has 0 amide bonds. The molecule has 0 fully saturated rings. The molecule has 110 valence electrons. The van der Waals surface area contributed by atoms with Crippen LogP contribution in [0.3, 0.4) is 0 Å². The molecule has 1 aromatic carbocycles. The topological polar surface area (TPSA) is 53.1 Å². The second-order valence-electron chi connectivity index (χ2n) is 5.40. The fourth-order valence-electron chi connectivity index (χ4n) is 2.55. The smallest absolute Gasteiger partial charge is 0.141 e. The van der Waals surface area contributed by atoms with Crippen molar-refractivity contribution < 1.29 is 4.74 Å². The lowest BCUT2D eigenvalue weighted by Crippen LogP contribution is -2.28. The molecule has 2 aromatic rings. The molecule has 0 saturated carbocycles. The van der Waals surface area contributed by atoms with Crippen LogP contribution in [-0.4, -0.2) is 16.7 Å². The molecule has 0 aliphatic rings. The van der Waals surface area contributed by atoms with E-state index in [-0.39, 0.29) is 5.60 Å². The first kappa shape index (κ1) is 15.0. The van der Waals surface area contributed by atoms with Crippen molar-refractivity contribution in [2.75, 3.05) is 7.11 Å². The zero-order valence-corrected chi connectivity index (χ0v) is 12.9. The van der Waals surface area contributed by atoms with E-state index in [9.17, 15) is 0 Å². The minimum absolute atomic E-state index is 0.350. The first-order valence-corrected chi connectivity index (χ1v) is 7.34. The van der Waals surface area contributed by atoms with E-state index in [0.717, 1.165) is 41.8 Å². The van der Waals surface area contributed by atoms with E-state index in [1.165, 1.54) is 0 Å². The number of nitrogens with zero attached hydrogens (tertiary/aromatic N) is 2. The van der Waals surface area contributed by atoms with Gasteiger partial charge in [-0.05, 0) is 37.5 Å². The van der Waals surface area contributed by atoms with Crippen molar-refractivity contribution in [3.63, 3.8) is 0 Å². The molecule has 0 spiro atoms. The maximum Gasteiger partial charge on any atom is 0.141 e. The van der Waals surface area contributed by atoms with Crippen molar-refractivity contribution >= 4 is 11.0 Å². The van der Waals surface area contributed by atoms with E-state index in [2.05, 4.69) is 43.5 Å². The number of aryl methyl sites for hydroxylation is 1. The van der Waals surface area contributed by atoms with Crippen LogP contribution in [0.25, 0.3) is 11.0 Å². The van der Waals surface area contributed by atoms with Crippen molar-refractivity contribution in [2.24, 2.45) is 5.73 Å². The van der Waals surface area contributed by atoms with Gasteiger partial charge in [-0.3, -0.25) is 0 Å². The van der Waals surface area contributed by atoms with Crippen LogP contribution in [0, 0.1) is 0 Å². The highest BCUT2D eigenvalue weighted by molar-refractivity contribution is 5.77. The summed E-state index contributed by atoms with van der Waals surface area (Å²) in [5.74, 6) is 1.01. The Bertz CT molecular complexity index is 585. The Hall–Kier alpha value is -1.39. The molecule has 1 unspecified atom stereocenters. The van der Waals surface area contributed by atoms with E-state index >= 15 is 0 Å². The third-order valence-corrected chi connectivity index (χ3v) is 4.09. The van der Waals surface area contributed by atoms with Crippen molar-refractivity contribution in [3.05, 3.63) is 29.6 Å². The Morgan fingerprint density at radius 1 is 1.35 bits per heavy atom. The molecule has 0 saturated heterocycles. The van der Waals surface area contributed by atoms with Crippen molar-refractivity contribution in [1.29, 1.82) is 0 Å². The molecule has 0 bridgehead atoms. The zero-order chi connectivity index (χ0) is 14.8. The number of nitrogens with two attached hydrogens (primary N) is 1. The number of aromatic nitrogens is 2. The lowest BCUT2D eigenvalue weighted by Gasteiger charge is -2.27. The summed E-state index contributed by atoms with van der Waals surface area (Å²) in [5, 5.41) is 0. The largest absolute Gasteiger partial charge is 0.371 e. The molecule has 1 heterocycles. The van der Waals surface area contributed by atoms with Crippen LogP contribution in [0.1, 0.15) is 45.0 Å². The maximum absolute atomic E-state index is 5.74. The van der Waals surface area contributed by atoms with Gasteiger partial charge in [0, 0.05) is 20.2 Å². The Balaban J connectivity index is 2.66. The number of methoxy groups -OCH3 is 1. The first-order valence-electron chi connectivity index (χ1n) is 7.34. The highest BCUT2D eigenvalue weighted by Crippen LogP contribution is 2.31. The van der Waals surface area contributed by atoms with E-state index < -0.39 is 0 Å². The SMILES string of the molecule is CCCn1c(C(C)(CC)OC)nc2cc(CN)ccc21. The standard InChI is InChI=1S/C16H25N3O/c1-5-9-19-14-8-7-12(11-17)10-13(14)18-15(19)16(3,6-2)20-4/h7-8,10H,5-6,9,11,17H2,1-4H3. The Labute approximate surface area is 120 Å². The van der Waals surface area contributed by atoms with Gasteiger partial charge >= 0.3 is 0 Å². The third-order valence-electron chi connectivity index (χ3n) is 4.09. The summed E-state index contributed by atoms with van der Waals surface area (Å²) in [7, 11) is 1.75. The van der Waals surface area contributed by atoms with Gasteiger partial charge in [-0.1, -0.05) is 19.9 Å². The van der Waals surface area contributed by atoms with E-state index in [0.29, 0.717) is 6.54 Å². The van der Waals surface area contributed by atoms with Crippen LogP contribution in [0.2, 0.25) is 0 Å².